The third-order valence-electron chi connectivity index (χ3n) is 5.93. The van der Waals surface area contributed by atoms with Crippen LogP contribution in [0.3, 0.4) is 0 Å². The van der Waals surface area contributed by atoms with E-state index >= 15 is 0 Å². The number of hydrogen-bond donors (Lipinski definition) is 0. The molecule has 23 heavy (non-hydrogen) atoms. The molecule has 0 bridgehead atoms. The molecule has 126 valence electrons. The van der Waals surface area contributed by atoms with Gasteiger partial charge in [-0.2, -0.15) is 0 Å². The molecule has 0 spiro atoms. The topological polar surface area (TPSA) is 17.1 Å². The van der Waals surface area contributed by atoms with Gasteiger partial charge in [-0.15, -0.1) is 0 Å². The molecule has 1 aromatic carbocycles. The third kappa shape index (κ3) is 3.61. The Hall–Kier alpha value is -1.32. The molecular weight excluding hydrogens is 301 g/mol. The molecule has 0 radical (unpaired) electrons. The summed E-state index contributed by atoms with van der Waals surface area (Å²) in [6.07, 6.45) is 9.27. The predicted molar refractivity (Wildman–Crippen MR) is 82.5 cm³/mol. The Kier molecular flexibility index (Phi) is 5.08. The van der Waals surface area contributed by atoms with Gasteiger partial charge < -0.3 is 4.79 Å². The first-order valence-corrected chi connectivity index (χ1v) is 8.68. The van der Waals surface area contributed by atoms with Gasteiger partial charge in [0.2, 0.25) is 0 Å². The molecule has 3 rings (SSSR count). The number of carbonyl (C=O) groups excluding carboxylic acids is 1. The second-order valence-corrected chi connectivity index (χ2v) is 7.22. The van der Waals surface area contributed by atoms with Gasteiger partial charge in [0.25, 0.3) is 0 Å². The summed E-state index contributed by atoms with van der Waals surface area (Å²) in [6, 6.07) is 2.30. The van der Waals surface area contributed by atoms with Crippen molar-refractivity contribution >= 4 is 6.29 Å². The van der Waals surface area contributed by atoms with Crippen LogP contribution in [0.4, 0.5) is 13.2 Å². The summed E-state index contributed by atoms with van der Waals surface area (Å²) in [7, 11) is 0. The molecular formula is C19H23F3O. The van der Waals surface area contributed by atoms with Gasteiger partial charge >= 0.3 is 0 Å². The fraction of sp³-hybridized carbons (Fsp3) is 0.632. The van der Waals surface area contributed by atoms with E-state index in [1.54, 1.807) is 0 Å². The first kappa shape index (κ1) is 16.5. The van der Waals surface area contributed by atoms with E-state index in [9.17, 15) is 18.0 Å². The zero-order valence-electron chi connectivity index (χ0n) is 13.2. The average molecular weight is 324 g/mol. The van der Waals surface area contributed by atoms with Crippen LogP contribution in [0.2, 0.25) is 0 Å². The molecule has 2 aliphatic carbocycles. The highest BCUT2D eigenvalue weighted by Crippen LogP contribution is 2.43. The Morgan fingerprint density at radius 2 is 1.26 bits per heavy atom. The van der Waals surface area contributed by atoms with Gasteiger partial charge in [0, 0.05) is 5.92 Å². The lowest BCUT2D eigenvalue weighted by molar-refractivity contribution is -0.112. The van der Waals surface area contributed by atoms with E-state index < -0.39 is 17.5 Å². The largest absolute Gasteiger partial charge is 0.303 e. The molecule has 2 fully saturated rings. The summed E-state index contributed by atoms with van der Waals surface area (Å²) in [5, 5.41) is 0. The average Bonchev–Trinajstić information content (AvgIpc) is 2.59. The molecule has 0 heterocycles. The number of carbonyl (C=O) groups is 1. The Labute approximate surface area is 135 Å². The van der Waals surface area contributed by atoms with Crippen LogP contribution in [0.1, 0.15) is 62.8 Å². The maximum Gasteiger partial charge on any atom is 0.194 e. The van der Waals surface area contributed by atoms with Gasteiger partial charge in [-0.3, -0.25) is 0 Å². The van der Waals surface area contributed by atoms with Crippen LogP contribution in [-0.2, 0) is 4.79 Å². The highest BCUT2D eigenvalue weighted by molar-refractivity contribution is 5.53. The second-order valence-electron chi connectivity index (χ2n) is 7.22. The van der Waals surface area contributed by atoms with Gasteiger partial charge in [0.15, 0.2) is 17.5 Å². The van der Waals surface area contributed by atoms with Crippen LogP contribution < -0.4 is 0 Å². The normalized spacial score (nSPS) is 31.8. The number of halogens is 3. The maximum atomic E-state index is 13.4. The summed E-state index contributed by atoms with van der Waals surface area (Å²) in [4.78, 5) is 10.8. The van der Waals surface area contributed by atoms with Crippen molar-refractivity contribution in [1.82, 2.24) is 0 Å². The summed E-state index contributed by atoms with van der Waals surface area (Å²) >= 11 is 0. The zero-order valence-corrected chi connectivity index (χ0v) is 13.2. The number of hydrogen-bond acceptors (Lipinski definition) is 1. The fourth-order valence-electron chi connectivity index (χ4n) is 4.49. The minimum atomic E-state index is -1.38. The van der Waals surface area contributed by atoms with Crippen molar-refractivity contribution in [2.24, 2.45) is 17.8 Å². The van der Waals surface area contributed by atoms with Crippen molar-refractivity contribution in [1.29, 1.82) is 0 Å². The highest BCUT2D eigenvalue weighted by atomic mass is 19.2. The molecule has 1 nitrogen and oxygen atoms in total. The zero-order chi connectivity index (χ0) is 16.4. The minimum Gasteiger partial charge on any atom is -0.303 e. The fourth-order valence-corrected chi connectivity index (χ4v) is 4.49. The Balaban J connectivity index is 1.57. The van der Waals surface area contributed by atoms with Crippen LogP contribution in [-0.4, -0.2) is 6.29 Å². The number of aldehydes is 1. The van der Waals surface area contributed by atoms with E-state index in [1.807, 2.05) is 0 Å². The van der Waals surface area contributed by atoms with Gasteiger partial charge in [-0.1, -0.05) is 0 Å². The third-order valence-corrected chi connectivity index (χ3v) is 5.93. The lowest BCUT2D eigenvalue weighted by Crippen LogP contribution is -2.25. The van der Waals surface area contributed by atoms with Crippen LogP contribution in [0.15, 0.2) is 12.1 Å². The van der Waals surface area contributed by atoms with Crippen molar-refractivity contribution in [3.05, 3.63) is 35.1 Å². The van der Waals surface area contributed by atoms with Crippen LogP contribution in [0.5, 0.6) is 0 Å². The highest BCUT2D eigenvalue weighted by Gasteiger charge is 2.31. The van der Waals surface area contributed by atoms with Crippen LogP contribution in [0, 0.1) is 35.2 Å². The Morgan fingerprint density at radius 1 is 0.783 bits per heavy atom. The molecule has 4 heteroatoms. The predicted octanol–water partition coefficient (Wildman–Crippen LogP) is 5.38. The summed E-state index contributed by atoms with van der Waals surface area (Å²) in [5.41, 5.74) is 0.588. The molecule has 0 unspecified atom stereocenters. The molecule has 0 aliphatic heterocycles. The molecule has 1 aromatic rings. The van der Waals surface area contributed by atoms with Crippen LogP contribution in [0.25, 0.3) is 0 Å². The van der Waals surface area contributed by atoms with E-state index in [-0.39, 0.29) is 11.8 Å². The summed E-state index contributed by atoms with van der Waals surface area (Å²) in [6.45, 7) is 0. The molecule has 0 saturated heterocycles. The van der Waals surface area contributed by atoms with Crippen molar-refractivity contribution in [2.75, 3.05) is 0 Å². The maximum absolute atomic E-state index is 13.4. The van der Waals surface area contributed by atoms with Gasteiger partial charge in [-0.25, -0.2) is 13.2 Å². The second kappa shape index (κ2) is 7.06. The molecule has 2 saturated carbocycles. The molecule has 0 aromatic heterocycles. The summed E-state index contributed by atoms with van der Waals surface area (Å²) < 4.78 is 39.8. The molecule has 0 amide bonds. The lowest BCUT2D eigenvalue weighted by Gasteiger charge is -2.37. The van der Waals surface area contributed by atoms with Crippen molar-refractivity contribution in [2.45, 2.75) is 57.3 Å². The standard InChI is InChI=1S/C19H23F3O/c20-17-9-16(10-18(21)19(17)22)15-7-5-14(6-8-15)13-3-1-12(11-23)2-4-13/h9-15H,1-8H2/t12?,13?,14-,15-. The van der Waals surface area contributed by atoms with Gasteiger partial charge in [0.1, 0.15) is 6.29 Å². The van der Waals surface area contributed by atoms with Crippen molar-refractivity contribution < 1.29 is 18.0 Å². The smallest absolute Gasteiger partial charge is 0.194 e. The Bertz CT molecular complexity index is 533. The van der Waals surface area contributed by atoms with Crippen LogP contribution >= 0.6 is 0 Å². The van der Waals surface area contributed by atoms with E-state index in [0.29, 0.717) is 17.4 Å². The molecule has 2 aliphatic rings. The first-order chi connectivity index (χ1) is 11.1. The number of rotatable bonds is 3. The SMILES string of the molecule is O=CC1CCC([C@H]2CC[C@H](c3cc(F)c(F)c(F)c3)CC2)CC1. The minimum absolute atomic E-state index is 0.127. The van der Waals surface area contributed by atoms with E-state index in [2.05, 4.69) is 0 Å². The van der Waals surface area contributed by atoms with Crippen molar-refractivity contribution in [3.63, 3.8) is 0 Å². The van der Waals surface area contributed by atoms with Gasteiger partial charge in [0.05, 0.1) is 0 Å². The molecule has 0 atom stereocenters. The first-order valence-electron chi connectivity index (χ1n) is 8.68. The molecule has 0 N–H and O–H groups in total. The Morgan fingerprint density at radius 3 is 1.74 bits per heavy atom. The van der Waals surface area contributed by atoms with Gasteiger partial charge in [-0.05, 0) is 86.8 Å². The van der Waals surface area contributed by atoms with E-state index in [4.69, 9.17) is 0 Å². The number of benzene rings is 1. The van der Waals surface area contributed by atoms with Crippen molar-refractivity contribution in [3.8, 4) is 0 Å². The quantitative estimate of drug-likeness (QED) is 0.538. The monoisotopic (exact) mass is 324 g/mol. The van der Waals surface area contributed by atoms with E-state index in [1.165, 1.54) is 0 Å². The van der Waals surface area contributed by atoms with E-state index in [0.717, 1.165) is 69.8 Å². The lowest BCUT2D eigenvalue weighted by atomic mass is 9.68. The summed E-state index contributed by atoms with van der Waals surface area (Å²) in [5.74, 6) is -1.84.